The second-order valence-electron chi connectivity index (χ2n) is 3.68. The van der Waals surface area contributed by atoms with Crippen LogP contribution < -0.4 is 0 Å². The highest BCUT2D eigenvalue weighted by Gasteiger charge is 2.30. The predicted molar refractivity (Wildman–Crippen MR) is 55.7 cm³/mol. The van der Waals surface area contributed by atoms with Crippen molar-refractivity contribution in [2.24, 2.45) is 0 Å². The van der Waals surface area contributed by atoms with Crippen molar-refractivity contribution in [3.8, 4) is 0 Å². The van der Waals surface area contributed by atoms with Gasteiger partial charge in [0.2, 0.25) is 12.2 Å². The van der Waals surface area contributed by atoms with Gasteiger partial charge in [-0.05, 0) is 12.0 Å². The van der Waals surface area contributed by atoms with E-state index in [1.807, 2.05) is 36.6 Å². The minimum Gasteiger partial charge on any atom is -0.328 e. The molecule has 0 aliphatic carbocycles. The summed E-state index contributed by atoms with van der Waals surface area (Å²) >= 11 is 0. The van der Waals surface area contributed by atoms with Crippen LogP contribution in [-0.2, 0) is 16.1 Å². The van der Waals surface area contributed by atoms with E-state index in [1.165, 1.54) is 0 Å². The maximum atomic E-state index is 11.5. The van der Waals surface area contributed by atoms with Crippen LogP contribution in [0.1, 0.15) is 18.4 Å². The van der Waals surface area contributed by atoms with E-state index in [9.17, 15) is 9.59 Å². The molecule has 0 bridgehead atoms. The summed E-state index contributed by atoms with van der Waals surface area (Å²) in [6, 6.07) is 9.34. The lowest BCUT2D eigenvalue weighted by molar-refractivity contribution is -0.128. The third-order valence-corrected chi connectivity index (χ3v) is 2.66. The molecule has 1 fully saturated rings. The smallest absolute Gasteiger partial charge is 0.223 e. The van der Waals surface area contributed by atoms with E-state index in [4.69, 9.17) is 0 Å². The van der Waals surface area contributed by atoms with E-state index < -0.39 is 0 Å². The van der Waals surface area contributed by atoms with Gasteiger partial charge in [0.1, 0.15) is 0 Å². The van der Waals surface area contributed by atoms with Crippen molar-refractivity contribution in [2.75, 3.05) is 0 Å². The summed E-state index contributed by atoms with van der Waals surface area (Å²) in [5.41, 5.74) is 1.05. The zero-order chi connectivity index (χ0) is 10.7. The van der Waals surface area contributed by atoms with E-state index in [0.29, 0.717) is 19.4 Å². The summed E-state index contributed by atoms with van der Waals surface area (Å²) < 4.78 is 0. The number of carbonyl (C=O) groups is 1. The Morgan fingerprint density at radius 3 is 2.73 bits per heavy atom. The lowest BCUT2D eigenvalue weighted by Crippen LogP contribution is -2.33. The molecule has 1 heterocycles. The van der Waals surface area contributed by atoms with E-state index in [0.717, 1.165) is 5.56 Å². The van der Waals surface area contributed by atoms with Crippen molar-refractivity contribution < 1.29 is 9.59 Å². The quantitative estimate of drug-likeness (QED) is 0.740. The lowest BCUT2D eigenvalue weighted by Gasteiger charge is -2.19. The second-order valence-corrected chi connectivity index (χ2v) is 3.68. The number of rotatable bonds is 3. The number of likely N-dealkylation sites (tertiary alicyclic amines) is 1. The highest BCUT2D eigenvalue weighted by atomic mass is 16.2. The summed E-state index contributed by atoms with van der Waals surface area (Å²) in [5.74, 6) is 0.0483. The largest absolute Gasteiger partial charge is 0.328 e. The molecule has 3 nitrogen and oxygen atoms in total. The van der Waals surface area contributed by atoms with Gasteiger partial charge >= 0.3 is 0 Å². The molecule has 0 unspecified atom stereocenters. The van der Waals surface area contributed by atoms with Crippen LogP contribution in [0.2, 0.25) is 0 Å². The van der Waals surface area contributed by atoms with Crippen LogP contribution in [0, 0.1) is 0 Å². The van der Waals surface area contributed by atoms with Gasteiger partial charge < -0.3 is 4.90 Å². The molecule has 1 aromatic rings. The molecule has 1 aliphatic rings. The molecule has 1 radical (unpaired) electrons. The third-order valence-electron chi connectivity index (χ3n) is 2.66. The molecule has 15 heavy (non-hydrogen) atoms. The van der Waals surface area contributed by atoms with Crippen molar-refractivity contribution in [1.29, 1.82) is 0 Å². The fraction of sp³-hybridized carbons (Fsp3) is 0.333. The van der Waals surface area contributed by atoms with Gasteiger partial charge in [-0.1, -0.05) is 30.3 Å². The van der Waals surface area contributed by atoms with Crippen LogP contribution in [0.5, 0.6) is 0 Å². The van der Waals surface area contributed by atoms with E-state index >= 15 is 0 Å². The lowest BCUT2D eigenvalue weighted by atomic mass is 10.2. The molecular formula is C12H12NO2. The SMILES string of the molecule is O=[C][C@@H]1CCC(=O)N1Cc1ccccc1. The van der Waals surface area contributed by atoms with Gasteiger partial charge in [-0.3, -0.25) is 9.59 Å². The molecule has 1 aliphatic heterocycles. The molecule has 1 aromatic carbocycles. The summed E-state index contributed by atoms with van der Waals surface area (Å²) in [6.07, 6.45) is 2.99. The van der Waals surface area contributed by atoms with Gasteiger partial charge in [0.15, 0.2) is 0 Å². The number of hydrogen-bond acceptors (Lipinski definition) is 2. The Balaban J connectivity index is 2.10. The Kier molecular flexibility index (Phi) is 2.81. The van der Waals surface area contributed by atoms with Crippen LogP contribution >= 0.6 is 0 Å². The number of hydrogen-bond donors (Lipinski definition) is 0. The highest BCUT2D eigenvalue weighted by Crippen LogP contribution is 2.19. The topological polar surface area (TPSA) is 37.4 Å². The van der Waals surface area contributed by atoms with Gasteiger partial charge in [-0.25, -0.2) is 0 Å². The van der Waals surface area contributed by atoms with E-state index in [1.54, 1.807) is 4.90 Å². The summed E-state index contributed by atoms with van der Waals surface area (Å²) in [7, 11) is 0. The molecule has 1 atom stereocenters. The number of carbonyl (C=O) groups excluding carboxylic acids is 2. The highest BCUT2D eigenvalue weighted by molar-refractivity contribution is 5.83. The molecule has 1 amide bonds. The maximum absolute atomic E-state index is 11.5. The average molecular weight is 202 g/mol. The van der Waals surface area contributed by atoms with Crippen LogP contribution in [0.15, 0.2) is 30.3 Å². The van der Waals surface area contributed by atoms with Crippen LogP contribution in [0.25, 0.3) is 0 Å². The Labute approximate surface area is 88.7 Å². The molecule has 0 spiro atoms. The van der Waals surface area contributed by atoms with Gasteiger partial charge in [-0.15, -0.1) is 0 Å². The van der Waals surface area contributed by atoms with Crippen LogP contribution in [0.4, 0.5) is 0 Å². The summed E-state index contributed by atoms with van der Waals surface area (Å²) in [4.78, 5) is 23.7. The first-order valence-corrected chi connectivity index (χ1v) is 5.02. The predicted octanol–water partition coefficient (Wildman–Crippen LogP) is 1.29. The van der Waals surface area contributed by atoms with E-state index in [2.05, 4.69) is 0 Å². The Morgan fingerprint density at radius 1 is 1.33 bits per heavy atom. The zero-order valence-electron chi connectivity index (χ0n) is 8.35. The first-order chi connectivity index (χ1) is 7.31. The van der Waals surface area contributed by atoms with Gasteiger partial charge in [0.05, 0.1) is 6.04 Å². The first kappa shape index (κ1) is 9.90. The standard InChI is InChI=1S/C12H12NO2/c14-9-11-6-7-12(15)13(11)8-10-4-2-1-3-5-10/h1-5,11H,6-8H2/t11-/m0/s1. The number of nitrogens with zero attached hydrogens (tertiary/aromatic N) is 1. The van der Waals surface area contributed by atoms with Gasteiger partial charge in [-0.2, -0.15) is 0 Å². The molecule has 2 rings (SSSR count). The summed E-state index contributed by atoms with van der Waals surface area (Å²) in [6.45, 7) is 0.513. The van der Waals surface area contributed by atoms with Crippen LogP contribution in [0.3, 0.4) is 0 Å². The van der Waals surface area contributed by atoms with E-state index in [-0.39, 0.29) is 11.9 Å². The maximum Gasteiger partial charge on any atom is 0.223 e. The molecular weight excluding hydrogens is 190 g/mol. The Hall–Kier alpha value is -1.64. The molecule has 77 valence electrons. The van der Waals surface area contributed by atoms with Crippen molar-refractivity contribution in [2.45, 2.75) is 25.4 Å². The summed E-state index contributed by atoms with van der Waals surface area (Å²) in [5, 5.41) is 0. The van der Waals surface area contributed by atoms with Crippen molar-refractivity contribution in [3.05, 3.63) is 35.9 Å². The number of benzene rings is 1. The van der Waals surface area contributed by atoms with Crippen molar-refractivity contribution in [1.82, 2.24) is 4.90 Å². The Bertz CT molecular complexity index is 361. The fourth-order valence-corrected chi connectivity index (χ4v) is 1.83. The Morgan fingerprint density at radius 2 is 2.07 bits per heavy atom. The van der Waals surface area contributed by atoms with Crippen molar-refractivity contribution in [3.63, 3.8) is 0 Å². The third kappa shape index (κ3) is 2.06. The molecule has 0 aromatic heterocycles. The minimum atomic E-state index is -0.349. The van der Waals surface area contributed by atoms with Gasteiger partial charge in [0.25, 0.3) is 0 Å². The normalized spacial score (nSPS) is 20.7. The van der Waals surface area contributed by atoms with Crippen LogP contribution in [-0.4, -0.2) is 23.1 Å². The second kappa shape index (κ2) is 4.26. The monoisotopic (exact) mass is 202 g/mol. The van der Waals surface area contributed by atoms with Crippen molar-refractivity contribution >= 4 is 12.2 Å². The molecule has 1 saturated heterocycles. The number of amides is 1. The molecule has 0 N–H and O–H groups in total. The van der Waals surface area contributed by atoms with Gasteiger partial charge in [0, 0.05) is 13.0 Å². The minimum absolute atomic E-state index is 0.0483. The molecule has 3 heteroatoms. The average Bonchev–Trinajstić information content (AvgIpc) is 2.62. The zero-order valence-corrected chi connectivity index (χ0v) is 8.35. The fourth-order valence-electron chi connectivity index (χ4n) is 1.83. The molecule has 0 saturated carbocycles. The first-order valence-electron chi connectivity index (χ1n) is 5.02.